The monoisotopic (exact) mass is 394 g/mol. The standard InChI is InChI=1S/C18H19FN2O7/c1-26-17-8-15(6-7-16(17)21(24)25)28-11-18(23)20-9-13(22)10-27-14-4-2-12(19)3-5-14/h2-8,13,22H,9-11H2,1H3,(H,20,23). The fraction of sp³-hybridized carbons (Fsp3) is 0.278. The quantitative estimate of drug-likeness (QED) is 0.465. The van der Waals surface area contributed by atoms with Crippen molar-refractivity contribution in [3.63, 3.8) is 0 Å². The molecule has 0 saturated heterocycles. The second kappa shape index (κ2) is 10.1. The van der Waals surface area contributed by atoms with Gasteiger partial charge in [0.25, 0.3) is 5.91 Å². The van der Waals surface area contributed by atoms with Gasteiger partial charge in [0.2, 0.25) is 5.75 Å². The van der Waals surface area contributed by atoms with E-state index in [2.05, 4.69) is 5.32 Å². The number of nitro groups is 1. The number of halogens is 1. The van der Waals surface area contributed by atoms with Gasteiger partial charge in [-0.3, -0.25) is 14.9 Å². The Kier molecular flexibility index (Phi) is 7.52. The van der Waals surface area contributed by atoms with Gasteiger partial charge in [-0.15, -0.1) is 0 Å². The first-order chi connectivity index (χ1) is 13.4. The maximum atomic E-state index is 12.8. The van der Waals surface area contributed by atoms with Gasteiger partial charge < -0.3 is 24.6 Å². The summed E-state index contributed by atoms with van der Waals surface area (Å²) >= 11 is 0. The van der Waals surface area contributed by atoms with Crippen LogP contribution in [0.5, 0.6) is 17.2 Å². The molecule has 150 valence electrons. The average Bonchev–Trinajstić information content (AvgIpc) is 2.69. The molecule has 1 atom stereocenters. The number of methoxy groups -OCH3 is 1. The van der Waals surface area contributed by atoms with E-state index in [0.29, 0.717) is 5.75 Å². The first-order valence-corrected chi connectivity index (χ1v) is 8.17. The summed E-state index contributed by atoms with van der Waals surface area (Å²) in [5.74, 6) is -0.278. The highest BCUT2D eigenvalue weighted by Gasteiger charge is 2.16. The van der Waals surface area contributed by atoms with Crippen LogP contribution in [0.25, 0.3) is 0 Å². The molecule has 28 heavy (non-hydrogen) atoms. The molecule has 0 saturated carbocycles. The van der Waals surface area contributed by atoms with E-state index in [4.69, 9.17) is 14.2 Å². The minimum atomic E-state index is -0.978. The number of rotatable bonds is 10. The van der Waals surface area contributed by atoms with Crippen LogP contribution in [0.1, 0.15) is 0 Å². The number of nitrogens with zero attached hydrogens (tertiary/aromatic N) is 1. The first-order valence-electron chi connectivity index (χ1n) is 8.17. The normalized spacial score (nSPS) is 11.4. The highest BCUT2D eigenvalue weighted by atomic mass is 19.1. The summed E-state index contributed by atoms with van der Waals surface area (Å²) in [6.45, 7) is -0.522. The Labute approximate surface area is 159 Å². The fourth-order valence-corrected chi connectivity index (χ4v) is 2.11. The van der Waals surface area contributed by atoms with Crippen LogP contribution in [0, 0.1) is 15.9 Å². The zero-order valence-electron chi connectivity index (χ0n) is 15.0. The van der Waals surface area contributed by atoms with Gasteiger partial charge in [0.15, 0.2) is 6.61 Å². The molecular weight excluding hydrogens is 375 g/mol. The number of aliphatic hydroxyl groups is 1. The summed E-state index contributed by atoms with van der Waals surface area (Å²) in [4.78, 5) is 22.0. The Morgan fingerprint density at radius 2 is 1.89 bits per heavy atom. The number of hydrogen-bond acceptors (Lipinski definition) is 7. The molecule has 10 heteroatoms. The molecule has 9 nitrogen and oxygen atoms in total. The van der Waals surface area contributed by atoms with E-state index in [0.717, 1.165) is 0 Å². The lowest BCUT2D eigenvalue weighted by molar-refractivity contribution is -0.385. The van der Waals surface area contributed by atoms with Crippen LogP contribution < -0.4 is 19.5 Å². The van der Waals surface area contributed by atoms with Gasteiger partial charge in [0, 0.05) is 18.7 Å². The molecule has 0 fully saturated rings. The third-order valence-electron chi connectivity index (χ3n) is 3.51. The lowest BCUT2D eigenvalue weighted by Crippen LogP contribution is -2.37. The summed E-state index contributed by atoms with van der Waals surface area (Å²) in [7, 11) is 1.29. The maximum absolute atomic E-state index is 12.8. The highest BCUT2D eigenvalue weighted by Crippen LogP contribution is 2.30. The largest absolute Gasteiger partial charge is 0.491 e. The number of nitrogens with one attached hydrogen (secondary N) is 1. The van der Waals surface area contributed by atoms with Gasteiger partial charge in [0.1, 0.15) is 30.0 Å². The molecule has 0 heterocycles. The number of carbonyl (C=O) groups excluding carboxylic acids is 1. The predicted octanol–water partition coefficient (Wildman–Crippen LogP) is 1.68. The van der Waals surface area contributed by atoms with E-state index in [1.165, 1.54) is 49.6 Å². The van der Waals surface area contributed by atoms with Gasteiger partial charge in [-0.25, -0.2) is 4.39 Å². The van der Waals surface area contributed by atoms with E-state index < -0.39 is 22.8 Å². The average molecular weight is 394 g/mol. The van der Waals surface area contributed by atoms with Crippen LogP contribution >= 0.6 is 0 Å². The van der Waals surface area contributed by atoms with Crippen molar-refractivity contribution in [1.29, 1.82) is 0 Å². The molecule has 1 amide bonds. The molecule has 1 unspecified atom stereocenters. The van der Waals surface area contributed by atoms with E-state index in [9.17, 15) is 24.4 Å². The summed E-state index contributed by atoms with van der Waals surface area (Å²) < 4.78 is 28.2. The number of benzene rings is 2. The molecule has 2 aromatic rings. The number of hydrogen-bond donors (Lipinski definition) is 2. The van der Waals surface area contributed by atoms with Crippen molar-refractivity contribution in [3.8, 4) is 17.2 Å². The van der Waals surface area contributed by atoms with Crippen molar-refractivity contribution >= 4 is 11.6 Å². The third-order valence-corrected chi connectivity index (χ3v) is 3.51. The second-order valence-corrected chi connectivity index (χ2v) is 5.60. The van der Waals surface area contributed by atoms with Crippen molar-refractivity contribution in [1.82, 2.24) is 5.32 Å². The Morgan fingerprint density at radius 1 is 1.21 bits per heavy atom. The van der Waals surface area contributed by atoms with Gasteiger partial charge in [-0.05, 0) is 30.3 Å². The highest BCUT2D eigenvalue weighted by molar-refractivity contribution is 5.77. The van der Waals surface area contributed by atoms with Crippen LogP contribution in [0.3, 0.4) is 0 Å². The predicted molar refractivity (Wildman–Crippen MR) is 96.1 cm³/mol. The van der Waals surface area contributed by atoms with E-state index in [1.807, 2.05) is 0 Å². The molecule has 0 aromatic heterocycles. The van der Waals surface area contributed by atoms with Crippen LogP contribution in [-0.4, -0.2) is 48.9 Å². The molecule has 0 aliphatic rings. The zero-order chi connectivity index (χ0) is 20.5. The molecule has 0 aliphatic carbocycles. The maximum Gasteiger partial charge on any atom is 0.311 e. The minimum absolute atomic E-state index is 0.0104. The topological polar surface area (TPSA) is 120 Å². The van der Waals surface area contributed by atoms with Gasteiger partial charge in [-0.2, -0.15) is 0 Å². The number of nitro benzene ring substituents is 1. The summed E-state index contributed by atoms with van der Waals surface area (Å²) in [5, 5.41) is 23.1. The van der Waals surface area contributed by atoms with Crippen molar-refractivity contribution < 1.29 is 33.4 Å². The van der Waals surface area contributed by atoms with Crippen LogP contribution in [0.15, 0.2) is 42.5 Å². The van der Waals surface area contributed by atoms with Gasteiger partial charge in [0.05, 0.1) is 12.0 Å². The molecule has 2 aromatic carbocycles. The molecule has 0 spiro atoms. The van der Waals surface area contributed by atoms with Crippen molar-refractivity contribution in [2.75, 3.05) is 26.9 Å². The third kappa shape index (κ3) is 6.40. The second-order valence-electron chi connectivity index (χ2n) is 5.60. The van der Waals surface area contributed by atoms with Crippen molar-refractivity contribution in [3.05, 3.63) is 58.4 Å². The molecule has 0 aliphatic heterocycles. The number of amides is 1. The Balaban J connectivity index is 1.73. The SMILES string of the molecule is COc1cc(OCC(=O)NCC(O)COc2ccc(F)cc2)ccc1[N+](=O)[O-]. The van der Waals surface area contributed by atoms with Crippen LogP contribution in [-0.2, 0) is 4.79 Å². The lowest BCUT2D eigenvalue weighted by Gasteiger charge is -2.14. The zero-order valence-corrected chi connectivity index (χ0v) is 15.0. The summed E-state index contributed by atoms with van der Waals surface area (Å²) in [5.41, 5.74) is -0.219. The lowest BCUT2D eigenvalue weighted by atomic mass is 10.3. The summed E-state index contributed by atoms with van der Waals surface area (Å²) in [6, 6.07) is 9.17. The number of aliphatic hydroxyl groups excluding tert-OH is 1. The molecule has 2 N–H and O–H groups in total. The smallest absolute Gasteiger partial charge is 0.311 e. The number of carbonyl (C=O) groups is 1. The first kappa shape index (κ1) is 20.9. The summed E-state index contributed by atoms with van der Waals surface area (Å²) in [6.07, 6.45) is -0.978. The van der Waals surface area contributed by atoms with Crippen molar-refractivity contribution in [2.45, 2.75) is 6.10 Å². The minimum Gasteiger partial charge on any atom is -0.491 e. The Bertz CT molecular complexity index is 814. The van der Waals surface area contributed by atoms with Crippen LogP contribution in [0.2, 0.25) is 0 Å². The Morgan fingerprint density at radius 3 is 2.54 bits per heavy atom. The molecular formula is C18H19FN2O7. The molecule has 2 rings (SSSR count). The van der Waals surface area contributed by atoms with E-state index in [-0.39, 0.29) is 36.9 Å². The Hall–Kier alpha value is -3.40. The van der Waals surface area contributed by atoms with Crippen molar-refractivity contribution in [2.24, 2.45) is 0 Å². The number of ether oxygens (including phenoxy) is 3. The van der Waals surface area contributed by atoms with Gasteiger partial charge in [-0.1, -0.05) is 0 Å². The fourth-order valence-electron chi connectivity index (χ4n) is 2.11. The van der Waals surface area contributed by atoms with Gasteiger partial charge >= 0.3 is 5.69 Å². The molecule has 0 radical (unpaired) electrons. The van der Waals surface area contributed by atoms with E-state index >= 15 is 0 Å². The van der Waals surface area contributed by atoms with E-state index in [1.54, 1.807) is 0 Å². The van der Waals surface area contributed by atoms with Crippen LogP contribution in [0.4, 0.5) is 10.1 Å². The molecule has 0 bridgehead atoms.